The maximum absolute atomic E-state index is 13.6. The molecule has 0 aliphatic carbocycles. The minimum atomic E-state index is -0.234. The molecule has 0 unspecified atom stereocenters. The summed E-state index contributed by atoms with van der Waals surface area (Å²) in [6.07, 6.45) is 3.24. The Balaban J connectivity index is 0.00000117. The van der Waals surface area contributed by atoms with Crippen LogP contribution in [-0.2, 0) is 0 Å². The number of hydrogen-bond donors (Lipinski definition) is 1. The van der Waals surface area contributed by atoms with E-state index in [-0.39, 0.29) is 5.82 Å². The van der Waals surface area contributed by atoms with Crippen molar-refractivity contribution in [3.63, 3.8) is 0 Å². The van der Waals surface area contributed by atoms with Crippen molar-refractivity contribution in [2.24, 2.45) is 0 Å². The van der Waals surface area contributed by atoms with Crippen molar-refractivity contribution in [3.8, 4) is 0 Å². The highest BCUT2D eigenvalue weighted by molar-refractivity contribution is 5.85. The minimum absolute atomic E-state index is 0.234. The van der Waals surface area contributed by atoms with Gasteiger partial charge in [0, 0.05) is 44.3 Å². The Hall–Kier alpha value is -2.87. The number of halogens is 1. The number of nitrogens with one attached hydrogen (secondary N) is 1. The van der Waals surface area contributed by atoms with E-state index < -0.39 is 0 Å². The quantitative estimate of drug-likeness (QED) is 0.718. The van der Waals surface area contributed by atoms with Crippen LogP contribution in [0.25, 0.3) is 11.2 Å². The third kappa shape index (κ3) is 4.76. The first-order valence-electron chi connectivity index (χ1n) is 10.1. The monoisotopic (exact) mass is 397 g/mol. The Morgan fingerprint density at radius 1 is 1.03 bits per heavy atom. The van der Waals surface area contributed by atoms with Gasteiger partial charge in [0.15, 0.2) is 17.0 Å². The molecule has 154 valence electrons. The number of piperazine rings is 1. The standard InChI is InChI=1S/C19H22FN7.C2H6/c1-3-26-8-10-27(11-9-26)19-24-17-16(21-6-7-22-17)18(25-19)23-14-4-5-15(20)13(2)12-14;1-2/h4-7,12H,3,8-11H2,1-2H3,(H,22,23,24,25);1-2H3. The minimum Gasteiger partial charge on any atom is -0.338 e. The second-order valence-electron chi connectivity index (χ2n) is 6.61. The van der Waals surface area contributed by atoms with Gasteiger partial charge in [0.1, 0.15) is 5.82 Å². The SMILES string of the molecule is CC.CCN1CCN(c2nc(Nc3ccc(F)c(C)c3)c3nccnc3n2)CC1. The first-order valence-corrected chi connectivity index (χ1v) is 10.1. The van der Waals surface area contributed by atoms with E-state index in [1.165, 1.54) is 6.07 Å². The smallest absolute Gasteiger partial charge is 0.229 e. The average Bonchev–Trinajstić information content (AvgIpc) is 2.77. The van der Waals surface area contributed by atoms with Gasteiger partial charge >= 0.3 is 0 Å². The molecule has 8 heteroatoms. The number of nitrogens with zero attached hydrogens (tertiary/aromatic N) is 6. The van der Waals surface area contributed by atoms with Gasteiger partial charge in [0.2, 0.25) is 5.95 Å². The molecule has 0 saturated carbocycles. The molecule has 1 N–H and O–H groups in total. The van der Waals surface area contributed by atoms with Crippen molar-refractivity contribution >= 4 is 28.6 Å². The summed E-state index contributed by atoms with van der Waals surface area (Å²) in [4.78, 5) is 22.6. The van der Waals surface area contributed by atoms with E-state index in [0.29, 0.717) is 28.5 Å². The molecule has 7 nitrogen and oxygen atoms in total. The van der Waals surface area contributed by atoms with E-state index in [0.717, 1.165) is 38.4 Å². The highest BCUT2D eigenvalue weighted by Crippen LogP contribution is 2.25. The lowest BCUT2D eigenvalue weighted by Gasteiger charge is -2.34. The molecule has 0 bridgehead atoms. The average molecular weight is 398 g/mol. The van der Waals surface area contributed by atoms with Crippen molar-refractivity contribution in [3.05, 3.63) is 42.0 Å². The predicted molar refractivity (Wildman–Crippen MR) is 115 cm³/mol. The van der Waals surface area contributed by atoms with Gasteiger partial charge in [-0.2, -0.15) is 9.97 Å². The highest BCUT2D eigenvalue weighted by atomic mass is 19.1. The van der Waals surface area contributed by atoms with Gasteiger partial charge in [0.05, 0.1) is 0 Å². The van der Waals surface area contributed by atoms with E-state index >= 15 is 0 Å². The lowest BCUT2D eigenvalue weighted by Crippen LogP contribution is -2.46. The number of fused-ring (bicyclic) bond motifs is 1. The molecule has 0 atom stereocenters. The number of aryl methyl sites for hydroxylation is 1. The van der Waals surface area contributed by atoms with Crippen LogP contribution in [0.4, 0.5) is 21.8 Å². The molecular formula is C21H28FN7. The van der Waals surface area contributed by atoms with Crippen LogP contribution in [0.2, 0.25) is 0 Å². The van der Waals surface area contributed by atoms with Gasteiger partial charge in [-0.1, -0.05) is 20.8 Å². The van der Waals surface area contributed by atoms with Gasteiger partial charge in [-0.05, 0) is 37.2 Å². The Labute approximate surface area is 171 Å². The summed E-state index contributed by atoms with van der Waals surface area (Å²) in [6.45, 7) is 12.7. The zero-order valence-corrected chi connectivity index (χ0v) is 17.5. The fourth-order valence-electron chi connectivity index (χ4n) is 3.20. The molecule has 4 rings (SSSR count). The summed E-state index contributed by atoms with van der Waals surface area (Å²) >= 11 is 0. The molecule has 1 aromatic carbocycles. The predicted octanol–water partition coefficient (Wildman–Crippen LogP) is 3.78. The molecule has 3 heterocycles. The molecule has 1 aliphatic heterocycles. The van der Waals surface area contributed by atoms with Gasteiger partial charge in [-0.15, -0.1) is 0 Å². The number of anilines is 3. The molecule has 3 aromatic rings. The summed E-state index contributed by atoms with van der Waals surface area (Å²) in [7, 11) is 0. The summed E-state index contributed by atoms with van der Waals surface area (Å²) in [5.74, 6) is 0.981. The zero-order valence-electron chi connectivity index (χ0n) is 17.5. The fraction of sp³-hybridized carbons (Fsp3) is 0.429. The molecule has 0 spiro atoms. The second kappa shape index (κ2) is 9.56. The van der Waals surface area contributed by atoms with E-state index in [2.05, 4.69) is 37.0 Å². The first-order chi connectivity index (χ1) is 14.1. The topological polar surface area (TPSA) is 70.1 Å². The van der Waals surface area contributed by atoms with Crippen LogP contribution in [0.3, 0.4) is 0 Å². The van der Waals surface area contributed by atoms with Crippen molar-refractivity contribution in [1.29, 1.82) is 0 Å². The fourth-order valence-corrected chi connectivity index (χ4v) is 3.20. The van der Waals surface area contributed by atoms with Gasteiger partial charge in [0.25, 0.3) is 0 Å². The Morgan fingerprint density at radius 2 is 1.76 bits per heavy atom. The maximum Gasteiger partial charge on any atom is 0.229 e. The number of aromatic nitrogens is 4. The van der Waals surface area contributed by atoms with E-state index in [1.54, 1.807) is 31.5 Å². The van der Waals surface area contributed by atoms with Gasteiger partial charge in [-0.25, -0.2) is 14.4 Å². The summed E-state index contributed by atoms with van der Waals surface area (Å²) < 4.78 is 13.6. The van der Waals surface area contributed by atoms with E-state index in [9.17, 15) is 4.39 Å². The van der Waals surface area contributed by atoms with Gasteiger partial charge < -0.3 is 15.1 Å². The van der Waals surface area contributed by atoms with Gasteiger partial charge in [-0.3, -0.25) is 0 Å². The van der Waals surface area contributed by atoms with Crippen molar-refractivity contribution < 1.29 is 4.39 Å². The molecule has 29 heavy (non-hydrogen) atoms. The third-order valence-electron chi connectivity index (χ3n) is 4.84. The molecular weight excluding hydrogens is 369 g/mol. The molecule has 0 amide bonds. The van der Waals surface area contributed by atoms with Crippen molar-refractivity contribution in [1.82, 2.24) is 24.8 Å². The second-order valence-corrected chi connectivity index (χ2v) is 6.61. The Morgan fingerprint density at radius 3 is 2.45 bits per heavy atom. The molecule has 0 radical (unpaired) electrons. The lowest BCUT2D eigenvalue weighted by molar-refractivity contribution is 0.270. The molecule has 1 saturated heterocycles. The van der Waals surface area contributed by atoms with E-state index in [4.69, 9.17) is 4.98 Å². The number of hydrogen-bond acceptors (Lipinski definition) is 7. The number of likely N-dealkylation sites (N-methyl/N-ethyl adjacent to an activating group) is 1. The summed E-state index contributed by atoms with van der Waals surface area (Å²) in [5, 5.41) is 3.26. The molecule has 1 aliphatic rings. The number of benzene rings is 1. The van der Waals surface area contributed by atoms with E-state index in [1.807, 2.05) is 13.8 Å². The maximum atomic E-state index is 13.6. The largest absolute Gasteiger partial charge is 0.338 e. The van der Waals surface area contributed by atoms with Crippen molar-refractivity contribution in [2.45, 2.75) is 27.7 Å². The molecule has 1 fully saturated rings. The van der Waals surface area contributed by atoms with Crippen LogP contribution in [0.1, 0.15) is 26.3 Å². The summed E-state index contributed by atoms with van der Waals surface area (Å²) in [5.41, 5.74) is 2.46. The van der Waals surface area contributed by atoms with Crippen LogP contribution in [0, 0.1) is 12.7 Å². The van der Waals surface area contributed by atoms with Crippen LogP contribution >= 0.6 is 0 Å². The van der Waals surface area contributed by atoms with Crippen LogP contribution < -0.4 is 10.2 Å². The Kier molecular flexibility index (Phi) is 6.87. The lowest BCUT2D eigenvalue weighted by atomic mass is 10.2. The Bertz CT molecular complexity index is 955. The number of rotatable bonds is 4. The van der Waals surface area contributed by atoms with Crippen LogP contribution in [-0.4, -0.2) is 57.6 Å². The van der Waals surface area contributed by atoms with Crippen molar-refractivity contribution in [2.75, 3.05) is 42.9 Å². The van der Waals surface area contributed by atoms with Crippen LogP contribution in [0.5, 0.6) is 0 Å². The first kappa shape index (κ1) is 20.9. The zero-order chi connectivity index (χ0) is 20.8. The normalized spacial score (nSPS) is 14.4. The third-order valence-corrected chi connectivity index (χ3v) is 4.84. The highest BCUT2D eigenvalue weighted by Gasteiger charge is 2.20. The summed E-state index contributed by atoms with van der Waals surface area (Å²) in [6, 6.07) is 4.88. The van der Waals surface area contributed by atoms with Crippen LogP contribution in [0.15, 0.2) is 30.6 Å². The molecule has 2 aromatic heterocycles.